The Labute approximate surface area is 402 Å². The second-order valence-electron chi connectivity index (χ2n) is 16.8. The van der Waals surface area contributed by atoms with Gasteiger partial charge in [0.1, 0.15) is 16.9 Å². The van der Waals surface area contributed by atoms with Crippen LogP contribution in [-0.4, -0.2) is 14.5 Å². The summed E-state index contributed by atoms with van der Waals surface area (Å²) in [5.41, 5.74) is 15.1. The van der Waals surface area contributed by atoms with Gasteiger partial charge in [-0.15, -0.1) is 53.6 Å². The van der Waals surface area contributed by atoms with E-state index in [1.54, 1.807) is 12.1 Å². The van der Waals surface area contributed by atoms with Gasteiger partial charge >= 0.3 is 0 Å². The summed E-state index contributed by atoms with van der Waals surface area (Å²) < 4.78 is 59.4. The maximum atomic E-state index is 7.28. The molecule has 0 amide bonds. The van der Waals surface area contributed by atoms with Gasteiger partial charge in [-0.25, -0.2) is 0 Å². The molecule has 11 aromatic rings. The van der Waals surface area contributed by atoms with Gasteiger partial charge < -0.3 is 18.4 Å². The normalized spacial score (nSPS) is 13.2. The van der Waals surface area contributed by atoms with Crippen molar-refractivity contribution in [2.75, 3.05) is 0 Å². The Morgan fingerprint density at radius 2 is 1.32 bits per heavy atom. The van der Waals surface area contributed by atoms with Gasteiger partial charge in [-0.05, 0) is 95.5 Å². The van der Waals surface area contributed by atoms with Gasteiger partial charge in [0, 0.05) is 56.7 Å². The van der Waals surface area contributed by atoms with Crippen LogP contribution >= 0.6 is 0 Å². The smallest absolute Gasteiger partial charge is 0.138 e. The molecule has 0 fully saturated rings. The van der Waals surface area contributed by atoms with Crippen molar-refractivity contribution >= 4 is 43.9 Å². The minimum absolute atomic E-state index is 0. The van der Waals surface area contributed by atoms with Crippen molar-refractivity contribution in [2.24, 2.45) is 0 Å². The minimum Gasteiger partial charge on any atom is -0.500 e. The Balaban J connectivity index is 0.000000251. The average Bonchev–Trinajstić information content (AvgIpc) is 4.05. The third-order valence-corrected chi connectivity index (χ3v) is 11.9. The van der Waals surface area contributed by atoms with Crippen molar-refractivity contribution in [3.63, 3.8) is 0 Å². The molecule has 5 nitrogen and oxygen atoms in total. The van der Waals surface area contributed by atoms with Gasteiger partial charge in [-0.2, -0.15) is 0 Å². The van der Waals surface area contributed by atoms with E-state index in [0.717, 1.165) is 72.2 Å². The fraction of sp³-hybridized carbons (Fsp3) is 0.153. The van der Waals surface area contributed by atoms with Crippen molar-refractivity contribution in [3.05, 3.63) is 198 Å². The zero-order chi connectivity index (χ0) is 49.1. The van der Waals surface area contributed by atoms with E-state index < -0.39 is 13.7 Å². The van der Waals surface area contributed by atoms with Gasteiger partial charge in [-0.1, -0.05) is 130 Å². The molecule has 65 heavy (non-hydrogen) atoms. The topological polar surface area (TPSA) is 57.0 Å². The predicted octanol–water partition coefficient (Wildman–Crippen LogP) is 16.2. The first-order valence-corrected chi connectivity index (χ1v) is 21.6. The molecule has 11 rings (SSSR count). The number of para-hydroxylation sites is 2. The van der Waals surface area contributed by atoms with Crippen LogP contribution in [0.2, 0.25) is 0 Å². The maximum Gasteiger partial charge on any atom is 0.138 e. The van der Waals surface area contributed by atoms with E-state index in [4.69, 9.17) is 22.0 Å². The molecule has 0 saturated heterocycles. The molecule has 323 valence electrons. The summed E-state index contributed by atoms with van der Waals surface area (Å²) in [6, 6.07) is 56.4. The zero-order valence-electron chi connectivity index (χ0n) is 42.7. The maximum absolute atomic E-state index is 7.28. The van der Waals surface area contributed by atoms with Crippen molar-refractivity contribution in [1.82, 2.24) is 14.5 Å². The quantitative estimate of drug-likeness (QED) is 0.149. The van der Waals surface area contributed by atoms with Crippen molar-refractivity contribution in [1.29, 1.82) is 0 Å². The molecule has 0 aliphatic rings. The summed E-state index contributed by atoms with van der Waals surface area (Å²) in [5.74, 6) is 2.21. The zero-order valence-corrected chi connectivity index (χ0v) is 39.1. The largest absolute Gasteiger partial charge is 0.500 e. The first-order valence-electron chi connectivity index (χ1n) is 24.6. The van der Waals surface area contributed by atoms with Gasteiger partial charge in [0.05, 0.1) is 27.8 Å². The molecule has 6 heteroatoms. The van der Waals surface area contributed by atoms with Crippen LogP contribution in [-0.2, 0) is 20.1 Å². The first kappa shape index (κ1) is 36.5. The number of rotatable bonds is 7. The van der Waals surface area contributed by atoms with Crippen molar-refractivity contribution in [2.45, 2.75) is 60.2 Å². The third kappa shape index (κ3) is 8.03. The predicted molar refractivity (Wildman–Crippen MR) is 264 cm³/mol. The molecule has 0 saturated carbocycles. The van der Waals surface area contributed by atoms with E-state index in [0.29, 0.717) is 11.3 Å². The van der Waals surface area contributed by atoms with Crippen molar-refractivity contribution < 1.29 is 37.2 Å². The second kappa shape index (κ2) is 18.0. The fourth-order valence-electron chi connectivity index (χ4n) is 8.73. The molecule has 1 radical (unpaired) electrons. The van der Waals surface area contributed by atoms with Gasteiger partial charge in [-0.3, -0.25) is 4.98 Å². The minimum atomic E-state index is -2.18. The Morgan fingerprint density at radius 1 is 0.646 bits per heavy atom. The Hall–Kier alpha value is -6.85. The number of aromatic nitrogens is 3. The molecule has 0 aliphatic carbocycles. The van der Waals surface area contributed by atoms with E-state index >= 15 is 0 Å². The number of furan rings is 2. The van der Waals surface area contributed by atoms with E-state index in [-0.39, 0.29) is 43.1 Å². The molecule has 4 heterocycles. The van der Waals surface area contributed by atoms with Crippen LogP contribution in [0.1, 0.15) is 75.6 Å². The van der Waals surface area contributed by atoms with Crippen LogP contribution < -0.4 is 0 Å². The monoisotopic (exact) mass is 1030 g/mol. The molecular weight excluding hydrogens is 975 g/mol. The molecule has 7 aromatic carbocycles. The van der Waals surface area contributed by atoms with Gasteiger partial charge in [0.25, 0.3) is 0 Å². The molecule has 4 aromatic heterocycles. The van der Waals surface area contributed by atoms with E-state index in [2.05, 4.69) is 153 Å². The number of hydrogen-bond donors (Lipinski definition) is 0. The molecule has 0 atom stereocenters. The van der Waals surface area contributed by atoms with Crippen LogP contribution in [0.15, 0.2) is 167 Å². The third-order valence-electron chi connectivity index (χ3n) is 11.9. The number of fused-ring (bicyclic) bond motifs is 6. The fourth-order valence-corrected chi connectivity index (χ4v) is 8.73. The van der Waals surface area contributed by atoms with Gasteiger partial charge in [0.2, 0.25) is 0 Å². The number of benzene rings is 7. The molecule has 0 bridgehead atoms. The Morgan fingerprint density at radius 3 is 1.98 bits per heavy atom. The number of nitrogens with zero attached hydrogens (tertiary/aromatic N) is 3. The molecule has 0 spiro atoms. The summed E-state index contributed by atoms with van der Waals surface area (Å²) in [4.78, 5) is 9.41. The Bertz CT molecular complexity index is 3600. The summed E-state index contributed by atoms with van der Waals surface area (Å²) >= 11 is 0. The Kier molecular flexibility index (Phi) is 10.1. The summed E-state index contributed by atoms with van der Waals surface area (Å²) in [7, 11) is 0. The molecular formula is C59H49IrN3O2-2. The van der Waals surface area contributed by atoms with Crippen molar-refractivity contribution in [3.8, 4) is 50.8 Å². The SMILES string of the molecule is Cc1c(-c2ccccc2)oc2ccc3c4cc[c-]c(-c5nc6ccccc6n5-c5c(C(C)C)cc(-c6ccccc6)cc5C(C)C)c4oc3c12.[2H]C([2H])([2H])c1c[c-]c(-c2ccc(C([2H])([2H])[2H])cn2)cc1.[Ir]. The van der Waals surface area contributed by atoms with E-state index in [1.165, 1.54) is 52.3 Å². The van der Waals surface area contributed by atoms with Gasteiger partial charge in [0.15, 0.2) is 0 Å². The molecule has 0 unspecified atom stereocenters. The number of hydrogen-bond acceptors (Lipinski definition) is 4. The van der Waals surface area contributed by atoms with E-state index in [1.807, 2.05) is 24.3 Å². The van der Waals surface area contributed by atoms with Crippen LogP contribution in [0.25, 0.3) is 94.7 Å². The molecule has 0 aliphatic heterocycles. The standard InChI is InChI=1S/C46H37N2O2.C13H12N.Ir/c1-27(2)36-25-32(30-15-8-6-9-16-30)26-37(28(3)4)42(36)48-39-22-13-12-21-38(39)47-46(48)35-20-14-19-33-34-23-24-40-41(45(34)50-44(33)35)29(5)43(49-40)31-17-10-7-11-18-31;1-10-3-6-12(7-4-10)13-8-5-11(2)9-14-13;/h6-19,21-28H,1-5H3;3-6,8-9H,1-2H3;/q2*-1;/i;1D3,2D3;. The van der Waals surface area contributed by atoms with Crippen LogP contribution in [0.5, 0.6) is 0 Å². The van der Waals surface area contributed by atoms with Crippen LogP contribution in [0.3, 0.4) is 0 Å². The number of imidazole rings is 1. The average molecular weight is 1030 g/mol. The van der Waals surface area contributed by atoms with Crippen LogP contribution in [0.4, 0.5) is 0 Å². The second-order valence-corrected chi connectivity index (χ2v) is 16.8. The summed E-state index contributed by atoms with van der Waals surface area (Å²) in [6.45, 7) is 6.91. The molecule has 0 N–H and O–H groups in total. The van der Waals surface area contributed by atoms with E-state index in [9.17, 15) is 0 Å². The number of pyridine rings is 1. The van der Waals surface area contributed by atoms with Crippen LogP contribution in [0, 0.1) is 32.8 Å². The summed E-state index contributed by atoms with van der Waals surface area (Å²) in [6.07, 6.45) is 1.30. The first-order chi connectivity index (χ1) is 33.6. The summed E-state index contributed by atoms with van der Waals surface area (Å²) in [5, 5.41) is 3.08. The number of aryl methyl sites for hydroxylation is 3.